The van der Waals surface area contributed by atoms with E-state index in [1.54, 1.807) is 31.7 Å². The van der Waals surface area contributed by atoms with Crippen molar-refractivity contribution in [1.29, 1.82) is 0 Å². The first kappa shape index (κ1) is 18.1. The van der Waals surface area contributed by atoms with Gasteiger partial charge in [-0.25, -0.2) is 4.68 Å². The average molecular weight is 355 g/mol. The van der Waals surface area contributed by atoms with Gasteiger partial charge in [0.1, 0.15) is 0 Å². The number of carbonyl (C=O) groups is 1. The van der Waals surface area contributed by atoms with E-state index in [2.05, 4.69) is 20.3 Å². The van der Waals surface area contributed by atoms with Gasteiger partial charge in [0, 0.05) is 51.6 Å². The van der Waals surface area contributed by atoms with Crippen molar-refractivity contribution in [1.82, 2.24) is 20.1 Å². The molecule has 1 fully saturated rings. The van der Waals surface area contributed by atoms with Crippen LogP contribution in [-0.4, -0.2) is 40.3 Å². The van der Waals surface area contributed by atoms with E-state index in [1.165, 1.54) is 4.68 Å². The molecule has 1 amide bonds. The van der Waals surface area contributed by atoms with Gasteiger partial charge >= 0.3 is 0 Å². The van der Waals surface area contributed by atoms with Gasteiger partial charge in [-0.1, -0.05) is 6.07 Å². The van der Waals surface area contributed by atoms with Crippen molar-refractivity contribution in [2.75, 3.05) is 24.5 Å². The van der Waals surface area contributed by atoms with Crippen molar-refractivity contribution in [3.05, 3.63) is 52.7 Å². The lowest BCUT2D eigenvalue weighted by molar-refractivity contribution is -0.121. The summed E-state index contributed by atoms with van der Waals surface area (Å²) in [7, 11) is 1.65. The summed E-state index contributed by atoms with van der Waals surface area (Å²) < 4.78 is 1.33. The van der Waals surface area contributed by atoms with Gasteiger partial charge in [0.2, 0.25) is 5.91 Å². The Labute approximate surface area is 153 Å². The zero-order chi connectivity index (χ0) is 18.4. The maximum absolute atomic E-state index is 12.0. The van der Waals surface area contributed by atoms with Crippen LogP contribution < -0.4 is 15.8 Å². The second-order valence-electron chi connectivity index (χ2n) is 6.77. The number of piperidine rings is 1. The maximum Gasteiger partial charge on any atom is 0.268 e. The number of aromatic nitrogens is 3. The van der Waals surface area contributed by atoms with Gasteiger partial charge in [-0.3, -0.25) is 14.6 Å². The van der Waals surface area contributed by atoms with Crippen LogP contribution in [0.1, 0.15) is 24.8 Å². The van der Waals surface area contributed by atoms with Crippen molar-refractivity contribution in [2.24, 2.45) is 13.0 Å². The Hall–Kier alpha value is -2.70. The number of anilines is 1. The summed E-state index contributed by atoms with van der Waals surface area (Å²) in [4.78, 5) is 30.0. The van der Waals surface area contributed by atoms with Crippen LogP contribution in [-0.2, 0) is 18.3 Å². The van der Waals surface area contributed by atoms with Crippen LogP contribution in [0.2, 0.25) is 0 Å². The summed E-state index contributed by atoms with van der Waals surface area (Å²) in [6, 6.07) is 5.51. The number of nitrogens with one attached hydrogen (secondary N) is 1. The lowest BCUT2D eigenvalue weighted by Gasteiger charge is -2.33. The molecule has 1 aliphatic heterocycles. The molecule has 2 aromatic heterocycles. The highest BCUT2D eigenvalue weighted by Crippen LogP contribution is 2.21. The number of aryl methyl sites for hydroxylation is 2. The number of amides is 1. The molecule has 0 radical (unpaired) electrons. The molecule has 2 aromatic rings. The third-order valence-electron chi connectivity index (χ3n) is 4.88. The first-order valence-corrected chi connectivity index (χ1v) is 9.06. The number of pyridine rings is 1. The zero-order valence-corrected chi connectivity index (χ0v) is 15.1. The van der Waals surface area contributed by atoms with Crippen LogP contribution in [0, 0.1) is 5.92 Å². The van der Waals surface area contributed by atoms with E-state index in [1.807, 2.05) is 12.1 Å². The quantitative estimate of drug-likeness (QED) is 0.841. The molecule has 1 saturated heterocycles. The molecule has 0 atom stereocenters. The molecule has 0 unspecified atom stereocenters. The average Bonchev–Trinajstić information content (AvgIpc) is 2.68. The summed E-state index contributed by atoms with van der Waals surface area (Å²) in [6.07, 6.45) is 8.48. The van der Waals surface area contributed by atoms with Crippen LogP contribution in [0.4, 0.5) is 5.69 Å². The van der Waals surface area contributed by atoms with Crippen LogP contribution in [0.5, 0.6) is 0 Å². The summed E-state index contributed by atoms with van der Waals surface area (Å²) in [5.41, 5.74) is 1.87. The Morgan fingerprint density at radius 2 is 2.12 bits per heavy atom. The first-order chi connectivity index (χ1) is 12.6. The Morgan fingerprint density at radius 1 is 1.31 bits per heavy atom. The largest absolute Gasteiger partial charge is 0.370 e. The molecule has 1 N–H and O–H groups in total. The van der Waals surface area contributed by atoms with Crippen LogP contribution in [0.15, 0.2) is 41.6 Å². The molecule has 26 heavy (non-hydrogen) atoms. The number of rotatable bonds is 6. The van der Waals surface area contributed by atoms with Gasteiger partial charge in [-0.05, 0) is 36.8 Å². The fraction of sp³-hybridized carbons (Fsp3) is 0.474. The minimum Gasteiger partial charge on any atom is -0.370 e. The Morgan fingerprint density at radius 3 is 2.81 bits per heavy atom. The van der Waals surface area contributed by atoms with Gasteiger partial charge in [0.05, 0.1) is 11.9 Å². The predicted molar refractivity (Wildman–Crippen MR) is 100.0 cm³/mol. The molecule has 0 spiro atoms. The van der Waals surface area contributed by atoms with Crippen molar-refractivity contribution >= 4 is 11.6 Å². The molecule has 138 valence electrons. The highest BCUT2D eigenvalue weighted by Gasteiger charge is 2.20. The second-order valence-corrected chi connectivity index (χ2v) is 6.77. The molecule has 0 aliphatic carbocycles. The summed E-state index contributed by atoms with van der Waals surface area (Å²) in [5.74, 6) is 0.570. The summed E-state index contributed by atoms with van der Waals surface area (Å²) in [5, 5.41) is 7.13. The SMILES string of the molecule is Cn1ncc(N2CCC(CNC(=O)CCc3cccnc3)CC2)cc1=O. The van der Waals surface area contributed by atoms with E-state index >= 15 is 0 Å². The zero-order valence-electron chi connectivity index (χ0n) is 15.1. The molecule has 0 bridgehead atoms. The van der Waals surface area contributed by atoms with Crippen LogP contribution >= 0.6 is 0 Å². The van der Waals surface area contributed by atoms with E-state index in [4.69, 9.17) is 0 Å². The van der Waals surface area contributed by atoms with Crippen molar-refractivity contribution < 1.29 is 4.79 Å². The van der Waals surface area contributed by atoms with Crippen molar-refractivity contribution in [2.45, 2.75) is 25.7 Å². The monoisotopic (exact) mass is 355 g/mol. The maximum atomic E-state index is 12.0. The van der Waals surface area contributed by atoms with Gasteiger partial charge in [0.15, 0.2) is 0 Å². The van der Waals surface area contributed by atoms with E-state index in [0.29, 0.717) is 25.3 Å². The number of hydrogen-bond acceptors (Lipinski definition) is 5. The molecule has 3 rings (SSSR count). The molecule has 1 aliphatic rings. The molecular weight excluding hydrogens is 330 g/mol. The molecule has 7 nitrogen and oxygen atoms in total. The third-order valence-corrected chi connectivity index (χ3v) is 4.88. The summed E-state index contributed by atoms with van der Waals surface area (Å²) in [6.45, 7) is 2.48. The lowest BCUT2D eigenvalue weighted by Crippen LogP contribution is -2.39. The van der Waals surface area contributed by atoms with Crippen LogP contribution in [0.25, 0.3) is 0 Å². The first-order valence-electron chi connectivity index (χ1n) is 9.06. The molecule has 0 saturated carbocycles. The van der Waals surface area contributed by atoms with Gasteiger partial charge in [-0.15, -0.1) is 0 Å². The summed E-state index contributed by atoms with van der Waals surface area (Å²) >= 11 is 0. The van der Waals surface area contributed by atoms with Gasteiger partial charge < -0.3 is 10.2 Å². The fourth-order valence-corrected chi connectivity index (χ4v) is 3.18. The topological polar surface area (TPSA) is 80.1 Å². The predicted octanol–water partition coefficient (Wildman–Crippen LogP) is 1.14. The molecule has 7 heteroatoms. The number of hydrogen-bond donors (Lipinski definition) is 1. The van der Waals surface area contributed by atoms with E-state index in [9.17, 15) is 9.59 Å². The second kappa shape index (κ2) is 8.60. The highest BCUT2D eigenvalue weighted by atomic mass is 16.1. The Balaban J connectivity index is 1.39. The van der Waals surface area contributed by atoms with Gasteiger partial charge in [0.25, 0.3) is 5.56 Å². The Kier molecular flexibility index (Phi) is 5.99. The number of nitrogens with zero attached hydrogens (tertiary/aromatic N) is 4. The van der Waals surface area contributed by atoms with E-state index in [0.717, 1.165) is 37.2 Å². The minimum absolute atomic E-state index is 0.0899. The normalized spacial score (nSPS) is 15.0. The van der Waals surface area contributed by atoms with Crippen molar-refractivity contribution in [3.63, 3.8) is 0 Å². The van der Waals surface area contributed by atoms with Crippen LogP contribution in [0.3, 0.4) is 0 Å². The lowest BCUT2D eigenvalue weighted by atomic mass is 9.96. The van der Waals surface area contributed by atoms with Gasteiger partial charge in [-0.2, -0.15) is 5.10 Å². The Bertz CT molecular complexity index is 782. The number of carbonyl (C=O) groups excluding carboxylic acids is 1. The van der Waals surface area contributed by atoms with E-state index in [-0.39, 0.29) is 11.5 Å². The third kappa shape index (κ3) is 4.91. The smallest absolute Gasteiger partial charge is 0.268 e. The van der Waals surface area contributed by atoms with Crippen molar-refractivity contribution in [3.8, 4) is 0 Å². The molecular formula is C19H25N5O2. The van der Waals surface area contributed by atoms with E-state index < -0.39 is 0 Å². The standard InChI is InChI=1S/C19H25N5O2/c1-23-19(26)11-17(14-22-23)24-9-6-16(7-10-24)13-21-18(25)5-4-15-3-2-8-20-12-15/h2-3,8,11-12,14,16H,4-7,9-10,13H2,1H3,(H,21,25). The highest BCUT2D eigenvalue weighted by molar-refractivity contribution is 5.76. The fourth-order valence-electron chi connectivity index (χ4n) is 3.18. The minimum atomic E-state index is -0.0921. The molecule has 0 aromatic carbocycles. The molecule has 3 heterocycles.